The lowest BCUT2D eigenvalue weighted by Crippen LogP contribution is -2.35. The van der Waals surface area contributed by atoms with Crippen molar-refractivity contribution >= 4 is 5.91 Å². The number of aryl methyl sites for hydroxylation is 2. The number of nitrogens with zero attached hydrogens (tertiary/aromatic N) is 4. The number of hydrogen-bond donors (Lipinski definition) is 2. The molecule has 0 radical (unpaired) electrons. The Kier molecular flexibility index (Phi) is 3.49. The van der Waals surface area contributed by atoms with Gasteiger partial charge >= 0.3 is 0 Å². The van der Waals surface area contributed by atoms with E-state index >= 15 is 0 Å². The number of carbonyl (C=O) groups is 1. The molecule has 0 atom stereocenters. The van der Waals surface area contributed by atoms with Gasteiger partial charge in [0.2, 0.25) is 0 Å². The lowest BCUT2D eigenvalue weighted by molar-refractivity contribution is 0.0924. The van der Waals surface area contributed by atoms with Crippen LogP contribution in [0.1, 0.15) is 21.6 Å². The van der Waals surface area contributed by atoms with Gasteiger partial charge in [-0.3, -0.25) is 9.48 Å². The second kappa shape index (κ2) is 5.70. The van der Waals surface area contributed by atoms with Crippen molar-refractivity contribution in [1.82, 2.24) is 25.1 Å². The van der Waals surface area contributed by atoms with Crippen LogP contribution in [0.5, 0.6) is 5.75 Å². The van der Waals surface area contributed by atoms with E-state index in [0.717, 1.165) is 16.7 Å². The molecule has 3 heterocycles. The average molecular weight is 335 g/mol. The van der Waals surface area contributed by atoms with E-state index in [9.17, 15) is 9.90 Å². The SMILES string of the molecule is Cc1cc(O)cc(C)c1-c1nccc(-c2cc3n(n2)CCNC3=O)n1. The van der Waals surface area contributed by atoms with E-state index < -0.39 is 0 Å². The first-order valence-corrected chi connectivity index (χ1v) is 8.03. The molecule has 1 aliphatic heterocycles. The molecular formula is C18H17N5O2. The number of fused-ring (bicyclic) bond motifs is 1. The van der Waals surface area contributed by atoms with Crippen molar-refractivity contribution in [2.45, 2.75) is 20.4 Å². The topological polar surface area (TPSA) is 92.9 Å². The highest BCUT2D eigenvalue weighted by Gasteiger charge is 2.20. The third-order valence-electron chi connectivity index (χ3n) is 4.28. The van der Waals surface area contributed by atoms with Crippen molar-refractivity contribution in [1.29, 1.82) is 0 Å². The third kappa shape index (κ3) is 2.63. The molecule has 0 spiro atoms. The summed E-state index contributed by atoms with van der Waals surface area (Å²) in [7, 11) is 0. The van der Waals surface area contributed by atoms with Crippen molar-refractivity contribution < 1.29 is 9.90 Å². The second-order valence-corrected chi connectivity index (χ2v) is 6.11. The van der Waals surface area contributed by atoms with E-state index in [-0.39, 0.29) is 11.7 Å². The molecule has 0 aliphatic carbocycles. The van der Waals surface area contributed by atoms with Crippen molar-refractivity contribution in [3.8, 4) is 28.5 Å². The molecule has 0 unspecified atom stereocenters. The van der Waals surface area contributed by atoms with Crippen molar-refractivity contribution in [3.63, 3.8) is 0 Å². The summed E-state index contributed by atoms with van der Waals surface area (Å²) in [5.41, 5.74) is 4.53. The predicted octanol–water partition coefficient (Wildman–Crippen LogP) is 2.07. The molecule has 0 bridgehead atoms. The average Bonchev–Trinajstić information content (AvgIpc) is 3.00. The van der Waals surface area contributed by atoms with Gasteiger partial charge in [-0.05, 0) is 49.2 Å². The first-order chi connectivity index (χ1) is 12.0. The van der Waals surface area contributed by atoms with Gasteiger partial charge in [-0.1, -0.05) is 0 Å². The molecule has 0 fully saturated rings. The second-order valence-electron chi connectivity index (χ2n) is 6.11. The number of nitrogens with one attached hydrogen (secondary N) is 1. The monoisotopic (exact) mass is 335 g/mol. The van der Waals surface area contributed by atoms with E-state index in [2.05, 4.69) is 20.4 Å². The number of aromatic hydroxyl groups is 1. The minimum atomic E-state index is -0.121. The quantitative estimate of drug-likeness (QED) is 0.748. The summed E-state index contributed by atoms with van der Waals surface area (Å²) in [5, 5.41) is 17.0. The molecule has 1 aliphatic rings. The van der Waals surface area contributed by atoms with Gasteiger partial charge < -0.3 is 10.4 Å². The molecule has 126 valence electrons. The van der Waals surface area contributed by atoms with Gasteiger partial charge in [0.1, 0.15) is 17.1 Å². The fourth-order valence-corrected chi connectivity index (χ4v) is 3.18. The van der Waals surface area contributed by atoms with Gasteiger partial charge in [0.25, 0.3) is 5.91 Å². The Hall–Kier alpha value is -3.22. The van der Waals surface area contributed by atoms with E-state index in [1.807, 2.05) is 13.8 Å². The molecule has 0 saturated heterocycles. The summed E-state index contributed by atoms with van der Waals surface area (Å²) >= 11 is 0. The van der Waals surface area contributed by atoms with E-state index in [1.165, 1.54) is 0 Å². The Labute approximate surface area is 144 Å². The van der Waals surface area contributed by atoms with Crippen LogP contribution in [0.25, 0.3) is 22.8 Å². The lowest BCUT2D eigenvalue weighted by atomic mass is 10.0. The minimum absolute atomic E-state index is 0.121. The zero-order valence-corrected chi connectivity index (χ0v) is 13.9. The van der Waals surface area contributed by atoms with Gasteiger partial charge in [-0.25, -0.2) is 9.97 Å². The van der Waals surface area contributed by atoms with Crippen molar-refractivity contribution in [2.24, 2.45) is 0 Å². The lowest BCUT2D eigenvalue weighted by Gasteiger charge is -2.13. The molecule has 2 aromatic heterocycles. The van der Waals surface area contributed by atoms with Crippen LogP contribution < -0.4 is 5.32 Å². The highest BCUT2D eigenvalue weighted by Crippen LogP contribution is 2.29. The van der Waals surface area contributed by atoms with E-state index in [4.69, 9.17) is 0 Å². The Balaban J connectivity index is 1.80. The molecule has 1 aromatic carbocycles. The maximum Gasteiger partial charge on any atom is 0.269 e. The minimum Gasteiger partial charge on any atom is -0.508 e. The Morgan fingerprint density at radius 3 is 2.64 bits per heavy atom. The van der Waals surface area contributed by atoms with Crippen LogP contribution >= 0.6 is 0 Å². The molecule has 3 aromatic rings. The summed E-state index contributed by atoms with van der Waals surface area (Å²) < 4.78 is 1.70. The number of carbonyl (C=O) groups excluding carboxylic acids is 1. The number of hydrogen-bond acceptors (Lipinski definition) is 5. The summed E-state index contributed by atoms with van der Waals surface area (Å²) in [6.07, 6.45) is 1.68. The number of phenolic OH excluding ortho intramolecular Hbond substituents is 1. The smallest absolute Gasteiger partial charge is 0.269 e. The number of aromatic nitrogens is 4. The Bertz CT molecular complexity index is 970. The highest BCUT2D eigenvalue weighted by atomic mass is 16.3. The van der Waals surface area contributed by atoms with Crippen LogP contribution in [0.4, 0.5) is 0 Å². The first-order valence-electron chi connectivity index (χ1n) is 8.03. The van der Waals surface area contributed by atoms with Gasteiger partial charge in [-0.2, -0.15) is 5.10 Å². The summed E-state index contributed by atoms with van der Waals surface area (Å²) in [5.74, 6) is 0.676. The van der Waals surface area contributed by atoms with Crippen LogP contribution in [-0.4, -0.2) is 37.3 Å². The molecule has 7 heteroatoms. The van der Waals surface area contributed by atoms with Gasteiger partial charge in [0, 0.05) is 18.3 Å². The number of phenols is 1. The summed E-state index contributed by atoms with van der Waals surface area (Å²) in [6, 6.07) is 6.91. The van der Waals surface area contributed by atoms with Crippen LogP contribution in [0.3, 0.4) is 0 Å². The number of amides is 1. The molecule has 25 heavy (non-hydrogen) atoms. The predicted molar refractivity (Wildman–Crippen MR) is 92.2 cm³/mol. The largest absolute Gasteiger partial charge is 0.508 e. The fourth-order valence-electron chi connectivity index (χ4n) is 3.18. The van der Waals surface area contributed by atoms with Crippen LogP contribution in [0.15, 0.2) is 30.5 Å². The van der Waals surface area contributed by atoms with Crippen molar-refractivity contribution in [2.75, 3.05) is 6.54 Å². The zero-order chi connectivity index (χ0) is 17.6. The van der Waals surface area contributed by atoms with Crippen LogP contribution in [0, 0.1) is 13.8 Å². The molecule has 0 saturated carbocycles. The Morgan fingerprint density at radius 1 is 1.16 bits per heavy atom. The molecule has 1 amide bonds. The fraction of sp³-hybridized carbons (Fsp3) is 0.222. The van der Waals surface area contributed by atoms with Crippen molar-refractivity contribution in [3.05, 3.63) is 47.3 Å². The zero-order valence-electron chi connectivity index (χ0n) is 13.9. The number of rotatable bonds is 2. The Morgan fingerprint density at radius 2 is 1.92 bits per heavy atom. The summed E-state index contributed by atoms with van der Waals surface area (Å²) in [6.45, 7) is 5.05. The van der Waals surface area contributed by atoms with E-state index in [1.54, 1.807) is 35.1 Å². The normalized spacial score (nSPS) is 13.4. The maximum absolute atomic E-state index is 11.9. The van der Waals surface area contributed by atoms with Gasteiger partial charge in [-0.15, -0.1) is 0 Å². The molecule has 7 nitrogen and oxygen atoms in total. The van der Waals surface area contributed by atoms with Crippen LogP contribution in [0.2, 0.25) is 0 Å². The first kappa shape index (κ1) is 15.3. The summed E-state index contributed by atoms with van der Waals surface area (Å²) in [4.78, 5) is 20.9. The molecule has 4 rings (SSSR count). The molecular weight excluding hydrogens is 318 g/mol. The molecule has 2 N–H and O–H groups in total. The van der Waals surface area contributed by atoms with Crippen LogP contribution in [-0.2, 0) is 6.54 Å². The standard InChI is InChI=1S/C18H17N5O2/c1-10-7-12(24)8-11(2)16(10)17-19-4-3-13(21-17)14-9-15-18(25)20-5-6-23(15)22-14/h3-4,7-9,24H,5-6H2,1-2H3,(H,20,25). The third-order valence-corrected chi connectivity index (χ3v) is 4.28. The number of benzene rings is 1. The van der Waals surface area contributed by atoms with Gasteiger partial charge in [0.05, 0.1) is 12.2 Å². The maximum atomic E-state index is 11.9. The van der Waals surface area contributed by atoms with Gasteiger partial charge in [0.15, 0.2) is 5.82 Å². The van der Waals surface area contributed by atoms with E-state index in [0.29, 0.717) is 36.0 Å². The highest BCUT2D eigenvalue weighted by molar-refractivity contribution is 5.94.